The molecule has 2 rings (SSSR count). The van der Waals surface area contributed by atoms with Gasteiger partial charge < -0.3 is 4.90 Å². The Kier molecular flexibility index (Phi) is 4.88. The number of carbonyl (C=O) groups is 1. The van der Waals surface area contributed by atoms with E-state index in [1.54, 1.807) is 4.90 Å². The van der Waals surface area contributed by atoms with Crippen LogP contribution in [0.5, 0.6) is 0 Å². The fraction of sp³-hybridized carbons (Fsp3) is 0.417. The number of hydrogen-bond donors (Lipinski definition) is 0. The Bertz CT molecular complexity index is 603. The van der Waals surface area contributed by atoms with Crippen molar-refractivity contribution in [3.63, 3.8) is 0 Å². The van der Waals surface area contributed by atoms with Crippen molar-refractivity contribution in [2.75, 3.05) is 24.6 Å². The Morgan fingerprint density at radius 3 is 2.74 bits per heavy atom. The fourth-order valence-electron chi connectivity index (χ4n) is 1.97. The Morgan fingerprint density at radius 1 is 1.26 bits per heavy atom. The van der Waals surface area contributed by atoms with Gasteiger partial charge >= 0.3 is 0 Å². The molecule has 1 amide bonds. The maximum Gasteiger partial charge on any atom is 0.255 e. The third-order valence-electron chi connectivity index (χ3n) is 3.00. The van der Waals surface area contributed by atoms with E-state index in [0.29, 0.717) is 18.5 Å². The first-order chi connectivity index (χ1) is 8.89. The minimum absolute atomic E-state index is 0.0558. The SMILES string of the molecule is O=C(c1cc(I)ccc1Br)N1CCCS(=O)(=O)CC1. The lowest BCUT2D eigenvalue weighted by atomic mass is 10.2. The van der Waals surface area contributed by atoms with Crippen molar-refractivity contribution in [2.45, 2.75) is 6.42 Å². The van der Waals surface area contributed by atoms with E-state index >= 15 is 0 Å². The van der Waals surface area contributed by atoms with Gasteiger partial charge in [0.15, 0.2) is 9.84 Å². The molecule has 1 aromatic carbocycles. The largest absolute Gasteiger partial charge is 0.338 e. The zero-order chi connectivity index (χ0) is 14.0. The predicted octanol–water partition coefficient (Wildman–Crippen LogP) is 2.31. The number of sulfone groups is 1. The average Bonchev–Trinajstić information content (AvgIpc) is 2.52. The van der Waals surface area contributed by atoms with E-state index in [-0.39, 0.29) is 24.0 Å². The molecule has 1 aliphatic rings. The van der Waals surface area contributed by atoms with Crippen molar-refractivity contribution < 1.29 is 13.2 Å². The van der Waals surface area contributed by atoms with Crippen LogP contribution in [0.15, 0.2) is 22.7 Å². The number of benzene rings is 1. The van der Waals surface area contributed by atoms with Crippen LogP contribution in [-0.2, 0) is 9.84 Å². The first-order valence-corrected chi connectivity index (χ1v) is 9.53. The zero-order valence-corrected chi connectivity index (χ0v) is 14.7. The maximum absolute atomic E-state index is 12.4. The molecule has 7 heteroatoms. The molecule has 104 valence electrons. The summed E-state index contributed by atoms with van der Waals surface area (Å²) in [7, 11) is -2.99. The molecule has 1 heterocycles. The number of amides is 1. The Balaban J connectivity index is 2.22. The van der Waals surface area contributed by atoms with Crippen LogP contribution in [0.3, 0.4) is 0 Å². The van der Waals surface area contributed by atoms with Crippen LogP contribution < -0.4 is 0 Å². The van der Waals surface area contributed by atoms with Gasteiger partial charge in [-0.25, -0.2) is 8.42 Å². The summed E-state index contributed by atoms with van der Waals surface area (Å²) in [5.41, 5.74) is 0.589. The third kappa shape index (κ3) is 3.91. The maximum atomic E-state index is 12.4. The molecule has 0 saturated carbocycles. The Morgan fingerprint density at radius 2 is 2.00 bits per heavy atom. The minimum Gasteiger partial charge on any atom is -0.338 e. The van der Waals surface area contributed by atoms with Crippen LogP contribution in [0.1, 0.15) is 16.8 Å². The van der Waals surface area contributed by atoms with E-state index in [1.807, 2.05) is 18.2 Å². The van der Waals surface area contributed by atoms with E-state index in [4.69, 9.17) is 0 Å². The highest BCUT2D eigenvalue weighted by Gasteiger charge is 2.24. The molecular weight excluding hydrogens is 445 g/mol. The lowest BCUT2D eigenvalue weighted by Crippen LogP contribution is -2.33. The van der Waals surface area contributed by atoms with Crippen molar-refractivity contribution in [3.05, 3.63) is 31.8 Å². The molecule has 0 spiro atoms. The summed E-state index contributed by atoms with van der Waals surface area (Å²) in [5, 5.41) is 0. The zero-order valence-electron chi connectivity index (χ0n) is 10.1. The van der Waals surface area contributed by atoms with E-state index in [2.05, 4.69) is 38.5 Å². The van der Waals surface area contributed by atoms with Crippen LogP contribution in [0.25, 0.3) is 0 Å². The van der Waals surface area contributed by atoms with Crippen molar-refractivity contribution >= 4 is 54.3 Å². The quantitative estimate of drug-likeness (QED) is 0.608. The van der Waals surface area contributed by atoms with Crippen LogP contribution in [0.2, 0.25) is 0 Å². The molecule has 0 N–H and O–H groups in total. The van der Waals surface area contributed by atoms with Crippen molar-refractivity contribution in [1.82, 2.24) is 4.90 Å². The highest BCUT2D eigenvalue weighted by molar-refractivity contribution is 14.1. The van der Waals surface area contributed by atoms with Crippen LogP contribution in [-0.4, -0.2) is 43.8 Å². The summed E-state index contributed by atoms with van der Waals surface area (Å²) in [6.07, 6.45) is 0.510. The number of carbonyl (C=O) groups excluding carboxylic acids is 1. The first-order valence-electron chi connectivity index (χ1n) is 5.84. The summed E-state index contributed by atoms with van der Waals surface area (Å²) in [6.45, 7) is 0.773. The number of nitrogens with zero attached hydrogens (tertiary/aromatic N) is 1. The Hall–Kier alpha value is -0.150. The lowest BCUT2D eigenvalue weighted by molar-refractivity contribution is 0.0767. The molecule has 0 aliphatic carbocycles. The molecule has 0 radical (unpaired) electrons. The van der Waals surface area contributed by atoms with E-state index in [1.165, 1.54) is 0 Å². The lowest BCUT2D eigenvalue weighted by Gasteiger charge is -2.20. The number of hydrogen-bond acceptors (Lipinski definition) is 3. The second kappa shape index (κ2) is 6.09. The first kappa shape index (κ1) is 15.2. The van der Waals surface area contributed by atoms with Gasteiger partial charge in [0, 0.05) is 21.1 Å². The molecule has 1 fully saturated rings. The third-order valence-corrected chi connectivity index (χ3v) is 6.08. The summed E-state index contributed by atoms with van der Waals surface area (Å²) < 4.78 is 24.8. The highest BCUT2D eigenvalue weighted by atomic mass is 127. The molecule has 4 nitrogen and oxygen atoms in total. The molecule has 1 saturated heterocycles. The van der Waals surface area contributed by atoms with Gasteiger partial charge in [0.1, 0.15) is 0 Å². The summed E-state index contributed by atoms with van der Waals surface area (Å²) in [6, 6.07) is 5.56. The van der Waals surface area contributed by atoms with E-state index in [9.17, 15) is 13.2 Å². The van der Waals surface area contributed by atoms with E-state index < -0.39 is 9.84 Å². The molecule has 1 aromatic rings. The summed E-state index contributed by atoms with van der Waals surface area (Å²) in [5.74, 6) is 0.118. The summed E-state index contributed by atoms with van der Waals surface area (Å²) >= 11 is 5.52. The minimum atomic E-state index is -2.99. The summed E-state index contributed by atoms with van der Waals surface area (Å²) in [4.78, 5) is 14.1. The van der Waals surface area contributed by atoms with Crippen LogP contribution >= 0.6 is 38.5 Å². The van der Waals surface area contributed by atoms with Gasteiger partial charge in [-0.2, -0.15) is 0 Å². The highest BCUT2D eigenvalue weighted by Crippen LogP contribution is 2.22. The molecule has 0 atom stereocenters. The molecular formula is C12H13BrINO3S. The van der Waals surface area contributed by atoms with Gasteiger partial charge in [0.25, 0.3) is 5.91 Å². The predicted molar refractivity (Wildman–Crippen MR) is 86.0 cm³/mol. The van der Waals surface area contributed by atoms with Crippen LogP contribution in [0.4, 0.5) is 0 Å². The molecule has 0 aromatic heterocycles. The van der Waals surface area contributed by atoms with Gasteiger partial charge in [-0.05, 0) is 63.1 Å². The molecule has 1 aliphatic heterocycles. The smallest absolute Gasteiger partial charge is 0.255 e. The second-order valence-electron chi connectivity index (χ2n) is 4.42. The Labute approximate surface area is 134 Å². The van der Waals surface area contributed by atoms with Crippen LogP contribution in [0, 0.1) is 3.57 Å². The van der Waals surface area contributed by atoms with Gasteiger partial charge in [-0.1, -0.05) is 0 Å². The molecule has 0 bridgehead atoms. The topological polar surface area (TPSA) is 54.5 Å². The second-order valence-corrected chi connectivity index (χ2v) is 8.83. The monoisotopic (exact) mass is 457 g/mol. The van der Waals surface area contributed by atoms with Crippen molar-refractivity contribution in [2.24, 2.45) is 0 Å². The fourth-order valence-corrected chi connectivity index (χ4v) is 4.15. The normalized spacial score (nSPS) is 18.9. The van der Waals surface area contributed by atoms with E-state index in [0.717, 1.165) is 8.04 Å². The van der Waals surface area contributed by atoms with Gasteiger partial charge in [0.2, 0.25) is 0 Å². The van der Waals surface area contributed by atoms with Crippen molar-refractivity contribution in [3.8, 4) is 0 Å². The average molecular weight is 458 g/mol. The van der Waals surface area contributed by atoms with Gasteiger partial charge in [0.05, 0.1) is 17.1 Å². The molecule has 19 heavy (non-hydrogen) atoms. The van der Waals surface area contributed by atoms with Gasteiger partial charge in [-0.15, -0.1) is 0 Å². The standard InChI is InChI=1S/C12H13BrINO3S/c13-11-3-2-9(14)8-10(11)12(16)15-4-1-6-19(17,18)7-5-15/h2-3,8H,1,4-7H2. The van der Waals surface area contributed by atoms with Gasteiger partial charge in [-0.3, -0.25) is 4.79 Å². The molecule has 0 unspecified atom stereocenters. The van der Waals surface area contributed by atoms with Crippen molar-refractivity contribution in [1.29, 1.82) is 0 Å². The number of rotatable bonds is 1. The number of halogens is 2.